The molecular formula is C8H5Cl2F2NO2. The van der Waals surface area contributed by atoms with Gasteiger partial charge in [0.15, 0.2) is 0 Å². The first-order valence-corrected chi connectivity index (χ1v) is 4.65. The maximum Gasteiger partial charge on any atom is 0.354 e. The zero-order valence-corrected chi connectivity index (χ0v) is 8.69. The van der Waals surface area contributed by atoms with Crippen molar-refractivity contribution in [3.8, 4) is 0 Å². The predicted octanol–water partition coefficient (Wildman–Crippen LogP) is 3.11. The number of aromatic nitrogens is 1. The molecule has 0 aliphatic carbocycles. The molecule has 0 saturated heterocycles. The summed E-state index contributed by atoms with van der Waals surface area (Å²) < 4.78 is 25.0. The van der Waals surface area contributed by atoms with Gasteiger partial charge in [-0.25, -0.2) is 18.6 Å². The van der Waals surface area contributed by atoms with Crippen LogP contribution in [0, 0.1) is 0 Å². The lowest BCUT2D eigenvalue weighted by Gasteiger charge is -2.08. The van der Waals surface area contributed by atoms with Gasteiger partial charge in [0.25, 0.3) is 6.43 Å². The summed E-state index contributed by atoms with van der Waals surface area (Å²) >= 11 is 10.9. The largest absolute Gasteiger partial charge is 0.477 e. The summed E-state index contributed by atoms with van der Waals surface area (Å²) in [5, 5.41) is 8.27. The highest BCUT2D eigenvalue weighted by Crippen LogP contribution is 2.29. The highest BCUT2D eigenvalue weighted by molar-refractivity contribution is 6.31. The van der Waals surface area contributed by atoms with Gasteiger partial charge in [-0.1, -0.05) is 11.6 Å². The number of pyridine rings is 1. The Morgan fingerprint density at radius 1 is 1.60 bits per heavy atom. The van der Waals surface area contributed by atoms with Gasteiger partial charge in [-0.05, 0) is 6.07 Å². The van der Waals surface area contributed by atoms with Crippen molar-refractivity contribution < 1.29 is 18.7 Å². The van der Waals surface area contributed by atoms with Crippen molar-refractivity contribution in [1.29, 1.82) is 0 Å². The van der Waals surface area contributed by atoms with E-state index in [0.29, 0.717) is 0 Å². The molecule has 0 aromatic carbocycles. The molecule has 1 heterocycles. The van der Waals surface area contributed by atoms with E-state index in [0.717, 1.165) is 6.07 Å². The number of rotatable bonds is 3. The molecule has 0 fully saturated rings. The number of carboxylic acids is 1. The van der Waals surface area contributed by atoms with E-state index in [1.54, 1.807) is 0 Å². The number of carbonyl (C=O) groups is 1. The summed E-state index contributed by atoms with van der Waals surface area (Å²) in [5.74, 6) is -1.66. The second-order valence-electron chi connectivity index (χ2n) is 2.61. The third kappa shape index (κ3) is 2.54. The maximum atomic E-state index is 12.5. The van der Waals surface area contributed by atoms with Crippen molar-refractivity contribution in [2.24, 2.45) is 0 Å². The Bertz CT molecular complexity index is 398. The van der Waals surface area contributed by atoms with Gasteiger partial charge < -0.3 is 5.11 Å². The van der Waals surface area contributed by atoms with Gasteiger partial charge in [-0.15, -0.1) is 11.6 Å². The molecule has 1 aromatic rings. The van der Waals surface area contributed by atoms with Crippen LogP contribution in [0.1, 0.15) is 28.0 Å². The molecular weight excluding hydrogens is 251 g/mol. The van der Waals surface area contributed by atoms with Crippen molar-refractivity contribution in [3.05, 3.63) is 28.0 Å². The molecule has 0 aliphatic rings. The molecule has 82 valence electrons. The number of hydrogen-bond acceptors (Lipinski definition) is 2. The normalized spacial score (nSPS) is 10.7. The minimum Gasteiger partial charge on any atom is -0.477 e. The van der Waals surface area contributed by atoms with Crippen molar-refractivity contribution in [3.63, 3.8) is 0 Å². The Balaban J connectivity index is 3.38. The van der Waals surface area contributed by atoms with E-state index in [4.69, 9.17) is 28.3 Å². The Morgan fingerprint density at radius 2 is 2.20 bits per heavy atom. The predicted molar refractivity (Wildman–Crippen MR) is 50.7 cm³/mol. The van der Waals surface area contributed by atoms with Crippen LogP contribution < -0.4 is 0 Å². The Labute approximate surface area is 93.6 Å². The Kier molecular flexibility index (Phi) is 3.82. The van der Waals surface area contributed by atoms with Crippen molar-refractivity contribution >= 4 is 29.2 Å². The van der Waals surface area contributed by atoms with Gasteiger partial charge in [0.1, 0.15) is 10.8 Å². The Morgan fingerprint density at radius 3 is 2.60 bits per heavy atom. The number of nitrogens with zero attached hydrogens (tertiary/aromatic N) is 1. The van der Waals surface area contributed by atoms with Crippen LogP contribution in [-0.2, 0) is 5.88 Å². The fourth-order valence-corrected chi connectivity index (χ4v) is 1.61. The number of carboxylic acid groups (broad SMARTS) is 1. The van der Waals surface area contributed by atoms with Crippen LogP contribution in [-0.4, -0.2) is 16.1 Å². The van der Waals surface area contributed by atoms with Crippen LogP contribution in [0.2, 0.25) is 5.15 Å². The van der Waals surface area contributed by atoms with E-state index < -0.39 is 23.7 Å². The smallest absolute Gasteiger partial charge is 0.354 e. The summed E-state index contributed by atoms with van der Waals surface area (Å²) in [6, 6.07) is 0.774. The number of halogens is 4. The molecule has 0 bridgehead atoms. The third-order valence-electron chi connectivity index (χ3n) is 1.70. The summed E-state index contributed by atoms with van der Waals surface area (Å²) in [6.45, 7) is 0. The fourth-order valence-electron chi connectivity index (χ4n) is 0.996. The first kappa shape index (κ1) is 12.1. The third-order valence-corrected chi connectivity index (χ3v) is 2.28. The molecule has 15 heavy (non-hydrogen) atoms. The molecule has 0 atom stereocenters. The van der Waals surface area contributed by atoms with Gasteiger partial charge in [-0.3, -0.25) is 0 Å². The zero-order chi connectivity index (χ0) is 11.6. The Hall–Kier alpha value is -0.940. The molecule has 0 unspecified atom stereocenters. The van der Waals surface area contributed by atoms with Gasteiger partial charge >= 0.3 is 5.97 Å². The quantitative estimate of drug-likeness (QED) is 0.667. The number of alkyl halides is 3. The molecule has 0 spiro atoms. The maximum absolute atomic E-state index is 12.5. The molecule has 0 aliphatic heterocycles. The molecule has 1 aromatic heterocycles. The molecule has 0 radical (unpaired) electrons. The molecule has 0 amide bonds. The molecule has 1 rings (SSSR count). The lowest BCUT2D eigenvalue weighted by atomic mass is 10.1. The first-order chi connectivity index (χ1) is 6.97. The monoisotopic (exact) mass is 255 g/mol. The van der Waals surface area contributed by atoms with Crippen LogP contribution >= 0.6 is 23.2 Å². The minimum absolute atomic E-state index is 0.0432. The molecule has 3 nitrogen and oxygen atoms in total. The van der Waals surface area contributed by atoms with Gasteiger partial charge in [0.05, 0.1) is 5.88 Å². The van der Waals surface area contributed by atoms with Crippen LogP contribution in [0.4, 0.5) is 8.78 Å². The molecule has 1 N–H and O–H groups in total. The van der Waals surface area contributed by atoms with E-state index in [9.17, 15) is 13.6 Å². The number of hydrogen-bond donors (Lipinski definition) is 1. The zero-order valence-electron chi connectivity index (χ0n) is 7.18. The van der Waals surface area contributed by atoms with E-state index in [2.05, 4.69) is 4.98 Å². The van der Waals surface area contributed by atoms with Crippen molar-refractivity contribution in [1.82, 2.24) is 4.98 Å². The van der Waals surface area contributed by atoms with Gasteiger partial charge in [0.2, 0.25) is 0 Å². The minimum atomic E-state index is -2.84. The standard InChI is InChI=1S/C8H5Cl2F2NO2/c9-2-4-3(7(11)12)1-5(8(14)15)13-6(4)10/h1,7H,2H2,(H,14,15). The van der Waals surface area contributed by atoms with E-state index in [1.165, 1.54) is 0 Å². The average molecular weight is 256 g/mol. The van der Waals surface area contributed by atoms with Crippen LogP contribution in [0.3, 0.4) is 0 Å². The molecule has 7 heteroatoms. The second-order valence-corrected chi connectivity index (χ2v) is 3.23. The fraction of sp³-hybridized carbons (Fsp3) is 0.250. The SMILES string of the molecule is O=C(O)c1cc(C(F)F)c(CCl)c(Cl)n1. The van der Waals surface area contributed by atoms with E-state index in [-0.39, 0.29) is 16.6 Å². The van der Waals surface area contributed by atoms with Crippen molar-refractivity contribution in [2.45, 2.75) is 12.3 Å². The summed E-state index contributed by atoms with van der Waals surface area (Å²) in [4.78, 5) is 14.0. The van der Waals surface area contributed by atoms with Crippen LogP contribution in [0.25, 0.3) is 0 Å². The van der Waals surface area contributed by atoms with Crippen molar-refractivity contribution in [2.75, 3.05) is 0 Å². The highest BCUT2D eigenvalue weighted by Gasteiger charge is 2.20. The number of aromatic carboxylic acids is 1. The topological polar surface area (TPSA) is 50.2 Å². The summed E-state index contributed by atoms with van der Waals surface area (Å²) in [7, 11) is 0. The lowest BCUT2D eigenvalue weighted by molar-refractivity contribution is 0.0690. The summed E-state index contributed by atoms with van der Waals surface area (Å²) in [5.41, 5.74) is -1.06. The highest BCUT2D eigenvalue weighted by atomic mass is 35.5. The van der Waals surface area contributed by atoms with Gasteiger partial charge in [0, 0.05) is 11.1 Å². The van der Waals surface area contributed by atoms with E-state index >= 15 is 0 Å². The average Bonchev–Trinajstić information content (AvgIpc) is 2.16. The van der Waals surface area contributed by atoms with Crippen LogP contribution in [0.15, 0.2) is 6.07 Å². The molecule has 0 saturated carbocycles. The van der Waals surface area contributed by atoms with Gasteiger partial charge in [-0.2, -0.15) is 0 Å². The first-order valence-electron chi connectivity index (χ1n) is 3.74. The van der Waals surface area contributed by atoms with Crippen LogP contribution in [0.5, 0.6) is 0 Å². The van der Waals surface area contributed by atoms with E-state index in [1.807, 2.05) is 0 Å². The lowest BCUT2D eigenvalue weighted by Crippen LogP contribution is -2.05. The second kappa shape index (κ2) is 4.72. The summed E-state index contributed by atoms with van der Waals surface area (Å²) in [6.07, 6.45) is -2.84.